The van der Waals surface area contributed by atoms with Crippen LogP contribution in [-0.2, 0) is 4.79 Å². The fourth-order valence-corrected chi connectivity index (χ4v) is 2.91. The van der Waals surface area contributed by atoms with E-state index in [0.717, 1.165) is 26.4 Å². The Kier molecular flexibility index (Phi) is 21.4. The van der Waals surface area contributed by atoms with Crippen LogP contribution in [0.4, 0.5) is 0 Å². The van der Waals surface area contributed by atoms with Crippen molar-refractivity contribution in [2.24, 2.45) is 5.41 Å². The van der Waals surface area contributed by atoms with Crippen LogP contribution < -0.4 is 5.32 Å². The van der Waals surface area contributed by atoms with Crippen LogP contribution in [0, 0.1) is 5.41 Å². The van der Waals surface area contributed by atoms with Gasteiger partial charge in [-0.2, -0.15) is 0 Å². The van der Waals surface area contributed by atoms with Gasteiger partial charge < -0.3 is 15.2 Å². The summed E-state index contributed by atoms with van der Waals surface area (Å²) in [6.07, 6.45) is 13.5. The van der Waals surface area contributed by atoms with Gasteiger partial charge in [0.1, 0.15) is 6.79 Å². The molecule has 1 unspecified atom stereocenters. The molecule has 1 fully saturated rings. The maximum Gasteiger partial charge on any atom is 0.106 e. The first kappa shape index (κ1) is 30.1. The Hall–Kier alpha value is -1.61. The maximum atomic E-state index is 8.00. The summed E-state index contributed by atoms with van der Waals surface area (Å²) in [5, 5.41) is 10.6. The number of allylic oxidation sites excluding steroid dienone is 5. The predicted octanol–water partition coefficient (Wildman–Crippen LogP) is 6.37. The molecule has 0 radical (unpaired) electrons. The van der Waals surface area contributed by atoms with Gasteiger partial charge in [-0.3, -0.25) is 0 Å². The summed E-state index contributed by atoms with van der Waals surface area (Å²) in [6.45, 7) is 23.0. The van der Waals surface area contributed by atoms with Crippen LogP contribution in [0.5, 0.6) is 0 Å². The third-order valence-corrected chi connectivity index (χ3v) is 3.92. The van der Waals surface area contributed by atoms with E-state index >= 15 is 0 Å². The predicted molar refractivity (Wildman–Crippen MR) is 122 cm³/mol. The van der Waals surface area contributed by atoms with Gasteiger partial charge in [-0.05, 0) is 49.5 Å². The number of hydrogen-bond acceptors (Lipinski definition) is 3. The third-order valence-electron chi connectivity index (χ3n) is 3.92. The molecule has 0 heterocycles. The Morgan fingerprint density at radius 3 is 2.26 bits per heavy atom. The fourth-order valence-electron chi connectivity index (χ4n) is 2.91. The van der Waals surface area contributed by atoms with Crippen molar-refractivity contribution in [3.8, 4) is 0 Å². The Morgan fingerprint density at radius 1 is 1.26 bits per heavy atom. The highest BCUT2D eigenvalue weighted by Gasteiger charge is 2.22. The Balaban J connectivity index is -0.000000869. The topological polar surface area (TPSA) is 49.3 Å². The molecule has 0 aromatic rings. The third kappa shape index (κ3) is 16.3. The zero-order chi connectivity index (χ0) is 21.9. The van der Waals surface area contributed by atoms with E-state index < -0.39 is 0 Å². The standard InChI is InChI=1S/C20H33N.C2H6.CH4O.CH2O/c1-7-10-17(8-2)13-14-18-11-9-12-19(18)21-16(3)15-20(4,5)6;3*1-2/h7,13-14,19,21H,1,3,8-12,15H2,2,4-6H3;1-2H3;2H,1H3;1H2/b17-13+,18-14+;;;. The van der Waals surface area contributed by atoms with Gasteiger partial charge in [0, 0.05) is 18.8 Å². The second kappa shape index (κ2) is 19.2. The highest BCUT2D eigenvalue weighted by Crippen LogP contribution is 2.28. The average molecular weight is 380 g/mol. The van der Waals surface area contributed by atoms with Crippen LogP contribution in [0.2, 0.25) is 0 Å². The Labute approximate surface area is 169 Å². The molecule has 0 saturated heterocycles. The molecule has 0 bridgehead atoms. The van der Waals surface area contributed by atoms with Gasteiger partial charge in [-0.1, -0.05) is 71.9 Å². The van der Waals surface area contributed by atoms with E-state index in [1.165, 1.54) is 36.1 Å². The van der Waals surface area contributed by atoms with Crippen LogP contribution in [0.15, 0.2) is 48.2 Å². The zero-order valence-corrected chi connectivity index (χ0v) is 19.0. The summed E-state index contributed by atoms with van der Waals surface area (Å²) in [7, 11) is 1.00. The minimum atomic E-state index is 0.297. The number of aliphatic hydroxyl groups is 1. The molecular weight excluding hydrogens is 334 g/mol. The SMILES string of the molecule is C=CC/C(=C/C=C1\CCCC1NC(=C)CC(C)(C)C)CC.C=O.CC.CO. The largest absolute Gasteiger partial charge is 0.400 e. The highest BCUT2D eigenvalue weighted by molar-refractivity contribution is 5.26. The molecule has 1 saturated carbocycles. The summed E-state index contributed by atoms with van der Waals surface area (Å²) in [6, 6.07) is 0.484. The summed E-state index contributed by atoms with van der Waals surface area (Å²) in [5.74, 6) is 0. The van der Waals surface area contributed by atoms with Crippen LogP contribution in [0.25, 0.3) is 0 Å². The first-order chi connectivity index (χ1) is 12.9. The molecule has 1 aliphatic carbocycles. The lowest BCUT2D eigenvalue weighted by molar-refractivity contribution is -0.0979. The van der Waals surface area contributed by atoms with E-state index in [2.05, 4.69) is 58.3 Å². The molecule has 0 aromatic heterocycles. The highest BCUT2D eigenvalue weighted by atomic mass is 16.2. The first-order valence-electron chi connectivity index (χ1n) is 10.0. The van der Waals surface area contributed by atoms with Crippen molar-refractivity contribution in [3.63, 3.8) is 0 Å². The average Bonchev–Trinajstić information content (AvgIpc) is 3.09. The van der Waals surface area contributed by atoms with Gasteiger partial charge in [0.05, 0.1) is 0 Å². The molecule has 27 heavy (non-hydrogen) atoms. The number of rotatable bonds is 7. The van der Waals surface area contributed by atoms with E-state index in [9.17, 15) is 0 Å². The molecule has 3 nitrogen and oxygen atoms in total. The molecule has 0 aromatic carbocycles. The molecule has 1 rings (SSSR count). The van der Waals surface area contributed by atoms with E-state index in [1.807, 2.05) is 26.7 Å². The smallest absolute Gasteiger partial charge is 0.106 e. The van der Waals surface area contributed by atoms with Crippen molar-refractivity contribution in [3.05, 3.63) is 48.2 Å². The van der Waals surface area contributed by atoms with Crippen LogP contribution >= 0.6 is 0 Å². The molecular formula is C24H45NO2. The number of aliphatic hydroxyl groups excluding tert-OH is 1. The van der Waals surface area contributed by atoms with Crippen LogP contribution in [0.1, 0.15) is 80.1 Å². The van der Waals surface area contributed by atoms with Gasteiger partial charge in [0.25, 0.3) is 0 Å². The van der Waals surface area contributed by atoms with Gasteiger partial charge in [0.15, 0.2) is 0 Å². The Morgan fingerprint density at radius 2 is 1.81 bits per heavy atom. The zero-order valence-electron chi connectivity index (χ0n) is 19.0. The first-order valence-corrected chi connectivity index (χ1v) is 10.0. The normalized spacial score (nSPS) is 17.4. The quantitative estimate of drug-likeness (QED) is 0.505. The van der Waals surface area contributed by atoms with Crippen molar-refractivity contribution in [1.82, 2.24) is 5.32 Å². The minimum Gasteiger partial charge on any atom is -0.400 e. The molecule has 158 valence electrons. The number of carbonyl (C=O) groups excluding carboxylic acids is 1. The summed E-state index contributed by atoms with van der Waals surface area (Å²) in [4.78, 5) is 8.00. The lowest BCUT2D eigenvalue weighted by atomic mass is 9.90. The fraction of sp³-hybridized carbons (Fsp3) is 0.625. The number of hydrogen-bond donors (Lipinski definition) is 2. The molecule has 1 aliphatic rings. The van der Waals surface area contributed by atoms with E-state index in [4.69, 9.17) is 9.90 Å². The minimum absolute atomic E-state index is 0.297. The lowest BCUT2D eigenvalue weighted by Crippen LogP contribution is -2.28. The summed E-state index contributed by atoms with van der Waals surface area (Å²) >= 11 is 0. The van der Waals surface area contributed by atoms with E-state index in [0.29, 0.717) is 11.5 Å². The molecule has 1 atom stereocenters. The number of carbonyl (C=O) groups is 1. The van der Waals surface area contributed by atoms with Crippen molar-refractivity contribution >= 4 is 6.79 Å². The van der Waals surface area contributed by atoms with Crippen molar-refractivity contribution in [2.45, 2.75) is 86.1 Å². The second-order valence-electron chi connectivity index (χ2n) is 7.34. The Bertz CT molecular complexity index is 442. The lowest BCUT2D eigenvalue weighted by Gasteiger charge is -2.24. The van der Waals surface area contributed by atoms with Gasteiger partial charge >= 0.3 is 0 Å². The van der Waals surface area contributed by atoms with Crippen LogP contribution in [0.3, 0.4) is 0 Å². The monoisotopic (exact) mass is 379 g/mol. The molecule has 3 heteroatoms. The summed E-state index contributed by atoms with van der Waals surface area (Å²) in [5.41, 5.74) is 4.45. The van der Waals surface area contributed by atoms with Gasteiger partial charge in [-0.25, -0.2) is 0 Å². The van der Waals surface area contributed by atoms with Gasteiger partial charge in [-0.15, -0.1) is 6.58 Å². The van der Waals surface area contributed by atoms with Crippen LogP contribution in [-0.4, -0.2) is 25.0 Å². The number of nitrogens with one attached hydrogen (secondary N) is 1. The molecule has 0 spiro atoms. The van der Waals surface area contributed by atoms with Gasteiger partial charge in [0.2, 0.25) is 0 Å². The molecule has 0 aliphatic heterocycles. The van der Waals surface area contributed by atoms with E-state index in [-0.39, 0.29) is 0 Å². The van der Waals surface area contributed by atoms with Crippen molar-refractivity contribution in [2.75, 3.05) is 7.11 Å². The molecule has 0 amide bonds. The second-order valence-corrected chi connectivity index (χ2v) is 7.34. The van der Waals surface area contributed by atoms with Crippen molar-refractivity contribution < 1.29 is 9.90 Å². The maximum absolute atomic E-state index is 8.00. The van der Waals surface area contributed by atoms with Crippen molar-refractivity contribution in [1.29, 1.82) is 0 Å². The molecule has 2 N–H and O–H groups in total. The summed E-state index contributed by atoms with van der Waals surface area (Å²) < 4.78 is 0. The van der Waals surface area contributed by atoms with E-state index in [1.54, 1.807) is 0 Å².